The zero-order valence-electron chi connectivity index (χ0n) is 16.8. The van der Waals surface area contributed by atoms with Crippen molar-refractivity contribution in [2.45, 2.75) is 24.4 Å². The van der Waals surface area contributed by atoms with Crippen molar-refractivity contribution in [3.63, 3.8) is 0 Å². The lowest BCUT2D eigenvalue weighted by atomic mass is 10.2. The number of alkyl halides is 3. The molecule has 1 heterocycles. The molecule has 0 saturated heterocycles. The van der Waals surface area contributed by atoms with Crippen molar-refractivity contribution in [1.82, 2.24) is 14.8 Å². The molecule has 1 N–H and O–H groups in total. The fourth-order valence-electron chi connectivity index (χ4n) is 2.70. The van der Waals surface area contributed by atoms with E-state index in [1.807, 2.05) is 0 Å². The number of carbonyl (C=O) groups is 1. The number of aromatic nitrogens is 3. The van der Waals surface area contributed by atoms with Gasteiger partial charge in [0.15, 0.2) is 17.1 Å². The van der Waals surface area contributed by atoms with E-state index in [1.165, 1.54) is 0 Å². The zero-order chi connectivity index (χ0) is 23.5. The van der Waals surface area contributed by atoms with Gasteiger partial charge in [0.05, 0.1) is 27.0 Å². The molecule has 1 atom stereocenters. The van der Waals surface area contributed by atoms with Crippen molar-refractivity contribution in [3.8, 4) is 5.75 Å². The summed E-state index contributed by atoms with van der Waals surface area (Å²) in [5, 5.41) is 11.4. The number of benzene rings is 2. The van der Waals surface area contributed by atoms with Crippen LogP contribution in [0.15, 0.2) is 47.6 Å². The van der Waals surface area contributed by atoms with Crippen LogP contribution in [0.5, 0.6) is 5.75 Å². The third-order valence-electron chi connectivity index (χ3n) is 4.27. The number of halogens is 5. The Morgan fingerprint density at radius 2 is 1.91 bits per heavy atom. The van der Waals surface area contributed by atoms with Crippen LogP contribution in [0, 0.1) is 0 Å². The van der Waals surface area contributed by atoms with Crippen LogP contribution in [0.3, 0.4) is 0 Å². The first kappa shape index (κ1) is 24.2. The molecule has 3 rings (SSSR count). The maximum Gasteiger partial charge on any atom is 0.416 e. The minimum Gasteiger partial charge on any atom is -0.481 e. The molecule has 2 aromatic carbocycles. The van der Waals surface area contributed by atoms with Crippen LogP contribution in [-0.4, -0.2) is 26.4 Å². The van der Waals surface area contributed by atoms with Crippen LogP contribution in [0.1, 0.15) is 24.4 Å². The Labute approximate surface area is 196 Å². The van der Waals surface area contributed by atoms with Crippen LogP contribution >= 0.6 is 35.0 Å². The number of hydrogen-bond donors (Lipinski definition) is 1. The van der Waals surface area contributed by atoms with Crippen molar-refractivity contribution in [1.29, 1.82) is 0 Å². The number of rotatable bonds is 7. The highest BCUT2D eigenvalue weighted by molar-refractivity contribution is 7.99. The van der Waals surface area contributed by atoms with E-state index in [2.05, 4.69) is 15.5 Å². The average Bonchev–Trinajstić information content (AvgIpc) is 3.09. The molecular weight excluding hydrogens is 488 g/mol. The minimum absolute atomic E-state index is 0.00263. The van der Waals surface area contributed by atoms with Crippen molar-refractivity contribution in [3.05, 3.63) is 63.9 Å². The van der Waals surface area contributed by atoms with Gasteiger partial charge in [-0.15, -0.1) is 10.2 Å². The van der Waals surface area contributed by atoms with E-state index in [0.29, 0.717) is 21.8 Å². The van der Waals surface area contributed by atoms with Crippen molar-refractivity contribution in [2.75, 3.05) is 11.1 Å². The van der Waals surface area contributed by atoms with Crippen LogP contribution in [0.25, 0.3) is 0 Å². The highest BCUT2D eigenvalue weighted by Gasteiger charge is 2.31. The van der Waals surface area contributed by atoms with E-state index in [9.17, 15) is 18.0 Å². The topological polar surface area (TPSA) is 69.0 Å². The number of nitrogens with one attached hydrogen (secondary N) is 1. The molecule has 0 unspecified atom stereocenters. The van der Waals surface area contributed by atoms with Gasteiger partial charge in [0.25, 0.3) is 0 Å². The fraction of sp³-hybridized carbons (Fsp3) is 0.250. The molecule has 6 nitrogen and oxygen atoms in total. The van der Waals surface area contributed by atoms with Crippen molar-refractivity contribution in [2.24, 2.45) is 7.05 Å². The van der Waals surface area contributed by atoms with E-state index >= 15 is 0 Å². The van der Waals surface area contributed by atoms with Gasteiger partial charge in [-0.2, -0.15) is 13.2 Å². The Hall–Kier alpha value is -2.43. The summed E-state index contributed by atoms with van der Waals surface area (Å²) in [4.78, 5) is 12.3. The Bertz CT molecular complexity index is 1120. The third kappa shape index (κ3) is 5.87. The highest BCUT2D eigenvalue weighted by atomic mass is 35.5. The Morgan fingerprint density at radius 3 is 2.59 bits per heavy atom. The van der Waals surface area contributed by atoms with Gasteiger partial charge in [-0.3, -0.25) is 4.79 Å². The SMILES string of the molecule is C[C@H](Oc1ccccc1Cl)c1nnc(SCC(=O)Nc2cc(C(F)(F)F)ccc2Cl)n1C. The Kier molecular flexibility index (Phi) is 7.58. The standard InChI is InChI=1S/C20H17Cl2F3N4O2S/c1-11(31-16-6-4-3-5-14(16)22)18-27-28-19(29(18)2)32-10-17(30)26-15-9-12(20(23,24)25)7-8-13(15)21/h3-9,11H,10H2,1-2H3,(H,26,30)/t11-/m0/s1. The quantitative estimate of drug-likeness (QED) is 0.399. The molecule has 0 spiro atoms. The predicted molar refractivity (Wildman–Crippen MR) is 117 cm³/mol. The number of ether oxygens (including phenoxy) is 1. The van der Waals surface area contributed by atoms with Crippen LogP contribution < -0.4 is 10.1 Å². The van der Waals surface area contributed by atoms with Gasteiger partial charge in [0.1, 0.15) is 5.75 Å². The van der Waals surface area contributed by atoms with Crippen molar-refractivity contribution >= 4 is 46.6 Å². The summed E-state index contributed by atoms with van der Waals surface area (Å²) in [7, 11) is 1.71. The zero-order valence-corrected chi connectivity index (χ0v) is 19.1. The molecule has 0 saturated carbocycles. The maximum absolute atomic E-state index is 12.9. The summed E-state index contributed by atoms with van der Waals surface area (Å²) in [5.74, 6) is 0.351. The number of nitrogens with zero attached hydrogens (tertiary/aromatic N) is 3. The third-order valence-corrected chi connectivity index (χ3v) is 5.93. The van der Waals surface area contributed by atoms with E-state index in [0.717, 1.165) is 30.0 Å². The first-order valence-corrected chi connectivity index (χ1v) is 10.9. The van der Waals surface area contributed by atoms with Gasteiger partial charge >= 0.3 is 6.18 Å². The number of hydrogen-bond acceptors (Lipinski definition) is 5. The van der Waals surface area contributed by atoms with Crippen LogP contribution in [-0.2, 0) is 18.0 Å². The molecule has 0 fully saturated rings. The summed E-state index contributed by atoms with van der Waals surface area (Å²) >= 11 is 13.1. The second-order valence-corrected chi connectivity index (χ2v) is 8.38. The highest BCUT2D eigenvalue weighted by Crippen LogP contribution is 2.34. The summed E-state index contributed by atoms with van der Waals surface area (Å²) < 4.78 is 46.1. The van der Waals surface area contributed by atoms with E-state index in [4.69, 9.17) is 27.9 Å². The fourth-order valence-corrected chi connectivity index (χ4v) is 3.77. The predicted octanol–water partition coefficient (Wildman–Crippen LogP) is 6.01. The molecule has 12 heteroatoms. The molecule has 0 aliphatic heterocycles. The van der Waals surface area contributed by atoms with Gasteiger partial charge in [-0.25, -0.2) is 0 Å². The molecule has 170 valence electrons. The molecule has 0 aliphatic carbocycles. The van der Waals surface area contributed by atoms with Gasteiger partial charge in [0, 0.05) is 7.05 Å². The van der Waals surface area contributed by atoms with E-state index in [-0.39, 0.29) is 16.5 Å². The van der Waals surface area contributed by atoms with Gasteiger partial charge in [-0.1, -0.05) is 47.1 Å². The number of amides is 1. The number of para-hydroxylation sites is 1. The minimum atomic E-state index is -4.55. The van der Waals surface area contributed by atoms with Gasteiger partial charge in [0.2, 0.25) is 5.91 Å². The summed E-state index contributed by atoms with van der Waals surface area (Å²) in [6.45, 7) is 1.78. The normalized spacial score (nSPS) is 12.5. The molecule has 3 aromatic rings. The number of thioether (sulfide) groups is 1. The second-order valence-electron chi connectivity index (χ2n) is 6.62. The first-order chi connectivity index (χ1) is 15.1. The van der Waals surface area contributed by atoms with E-state index < -0.39 is 23.8 Å². The molecular formula is C20H17Cl2F3N4O2S. The number of anilines is 1. The average molecular weight is 505 g/mol. The first-order valence-electron chi connectivity index (χ1n) is 9.16. The lowest BCUT2D eigenvalue weighted by molar-refractivity contribution is -0.137. The van der Waals surface area contributed by atoms with Gasteiger partial charge in [-0.05, 0) is 37.3 Å². The maximum atomic E-state index is 12.9. The lowest BCUT2D eigenvalue weighted by Crippen LogP contribution is -2.16. The summed E-state index contributed by atoms with van der Waals surface area (Å²) in [6.07, 6.45) is -5.02. The Morgan fingerprint density at radius 1 is 1.19 bits per heavy atom. The molecule has 32 heavy (non-hydrogen) atoms. The second kappa shape index (κ2) is 10.0. The van der Waals surface area contributed by atoms with Gasteiger partial charge < -0.3 is 14.6 Å². The molecule has 1 aromatic heterocycles. The molecule has 0 bridgehead atoms. The lowest BCUT2D eigenvalue weighted by Gasteiger charge is -2.15. The van der Waals surface area contributed by atoms with Crippen LogP contribution in [0.2, 0.25) is 10.0 Å². The smallest absolute Gasteiger partial charge is 0.416 e. The molecule has 1 amide bonds. The molecule has 0 radical (unpaired) electrons. The molecule has 0 aliphatic rings. The number of carbonyl (C=O) groups excluding carboxylic acids is 1. The monoisotopic (exact) mass is 504 g/mol. The summed E-state index contributed by atoms with van der Waals surface area (Å²) in [6, 6.07) is 9.74. The Balaban J connectivity index is 1.63. The van der Waals surface area contributed by atoms with Crippen LogP contribution in [0.4, 0.5) is 18.9 Å². The summed E-state index contributed by atoms with van der Waals surface area (Å²) in [5.41, 5.74) is -1.03. The van der Waals surface area contributed by atoms with Crippen molar-refractivity contribution < 1.29 is 22.7 Å². The van der Waals surface area contributed by atoms with E-state index in [1.54, 1.807) is 42.8 Å². The largest absolute Gasteiger partial charge is 0.481 e.